The number of hydrogen-bond donors (Lipinski definition) is 3. The third-order valence-corrected chi connectivity index (χ3v) is 5.92. The summed E-state index contributed by atoms with van der Waals surface area (Å²) in [5.74, 6) is -0.00553. The summed E-state index contributed by atoms with van der Waals surface area (Å²) in [6.45, 7) is 3.89. The maximum Gasteiger partial charge on any atom is 0.306 e. The predicted octanol–water partition coefficient (Wildman–Crippen LogP) is 3.86. The molecule has 2 fully saturated rings. The van der Waals surface area contributed by atoms with Gasteiger partial charge in [-0.05, 0) is 68.7 Å². The van der Waals surface area contributed by atoms with E-state index in [9.17, 15) is 4.79 Å². The number of carboxylic acid groups (broad SMARTS) is 1. The Morgan fingerprint density at radius 2 is 1.57 bits per heavy atom. The van der Waals surface area contributed by atoms with Gasteiger partial charge in [-0.15, -0.1) is 37.2 Å². The Morgan fingerprint density at radius 1 is 1.00 bits per heavy atom. The van der Waals surface area contributed by atoms with Crippen LogP contribution in [0.5, 0.6) is 0 Å². The number of benzene rings is 1. The lowest BCUT2D eigenvalue weighted by Crippen LogP contribution is -2.41. The molecule has 2 aliphatic rings. The quantitative estimate of drug-likeness (QED) is 0.608. The molecule has 1 aliphatic carbocycles. The summed E-state index contributed by atoms with van der Waals surface area (Å²) in [7, 11) is 0. The first-order chi connectivity index (χ1) is 12.2. The summed E-state index contributed by atoms with van der Waals surface area (Å²) in [5.41, 5.74) is 8.15. The van der Waals surface area contributed by atoms with Crippen LogP contribution in [-0.2, 0) is 11.3 Å². The van der Waals surface area contributed by atoms with Crippen LogP contribution in [0, 0.1) is 11.8 Å². The van der Waals surface area contributed by atoms with Crippen LogP contribution in [0.25, 0.3) is 0 Å². The molecule has 162 valence electrons. The Hall–Kier alpha value is -0.720. The summed E-state index contributed by atoms with van der Waals surface area (Å²) in [4.78, 5) is 13.5. The third-order valence-electron chi connectivity index (χ3n) is 5.92. The fraction of sp³-hybridized carbons (Fsp3) is 0.650. The molecule has 5 nitrogen and oxygen atoms in total. The van der Waals surface area contributed by atoms with Gasteiger partial charge in [0.2, 0.25) is 0 Å². The molecule has 28 heavy (non-hydrogen) atoms. The highest BCUT2D eigenvalue weighted by molar-refractivity contribution is 5.86. The molecular formula is C20H34Cl3N3O2. The van der Waals surface area contributed by atoms with Crippen LogP contribution in [-0.4, -0.2) is 36.8 Å². The van der Waals surface area contributed by atoms with Crippen LogP contribution in [0.3, 0.4) is 0 Å². The zero-order chi connectivity index (χ0) is 17.6. The number of nitrogens with zero attached hydrogens (tertiary/aromatic N) is 1. The molecule has 1 heterocycles. The molecule has 0 bridgehead atoms. The zero-order valence-electron chi connectivity index (χ0n) is 16.2. The normalized spacial score (nSPS) is 22.4. The van der Waals surface area contributed by atoms with Crippen molar-refractivity contribution >= 4 is 48.9 Å². The Morgan fingerprint density at radius 3 is 2.07 bits per heavy atom. The van der Waals surface area contributed by atoms with Crippen LogP contribution in [0.1, 0.15) is 44.1 Å². The highest BCUT2D eigenvalue weighted by Crippen LogP contribution is 2.26. The highest BCUT2D eigenvalue weighted by Gasteiger charge is 2.26. The monoisotopic (exact) mass is 453 g/mol. The number of nitrogens with one attached hydrogen (secondary N) is 1. The molecule has 8 heteroatoms. The maximum atomic E-state index is 11.0. The van der Waals surface area contributed by atoms with E-state index in [0.29, 0.717) is 12.6 Å². The van der Waals surface area contributed by atoms with Crippen molar-refractivity contribution in [3.05, 3.63) is 29.8 Å². The lowest BCUT2D eigenvalue weighted by molar-refractivity contribution is -0.142. The molecule has 0 spiro atoms. The average molecular weight is 455 g/mol. The number of halogens is 3. The SMILES string of the molecule is Cl.Cl.Cl.NCc1ccc(N2CCC(CNC3CCC(C(=O)O)CC3)CC2)cc1. The van der Waals surface area contributed by atoms with Crippen molar-refractivity contribution in [2.75, 3.05) is 24.5 Å². The van der Waals surface area contributed by atoms with Crippen molar-refractivity contribution in [1.82, 2.24) is 5.32 Å². The molecule has 0 aromatic heterocycles. The molecule has 1 aromatic rings. The molecule has 1 aromatic carbocycles. The lowest BCUT2D eigenvalue weighted by atomic mass is 9.85. The minimum Gasteiger partial charge on any atom is -0.481 e. The topological polar surface area (TPSA) is 78.6 Å². The predicted molar refractivity (Wildman–Crippen MR) is 122 cm³/mol. The van der Waals surface area contributed by atoms with Gasteiger partial charge in [0.05, 0.1) is 5.92 Å². The smallest absolute Gasteiger partial charge is 0.306 e. The van der Waals surface area contributed by atoms with Crippen molar-refractivity contribution in [3.8, 4) is 0 Å². The van der Waals surface area contributed by atoms with Gasteiger partial charge < -0.3 is 21.1 Å². The van der Waals surface area contributed by atoms with Gasteiger partial charge in [-0.1, -0.05) is 12.1 Å². The van der Waals surface area contributed by atoms with Crippen LogP contribution in [0.2, 0.25) is 0 Å². The number of anilines is 1. The average Bonchev–Trinajstić information content (AvgIpc) is 2.67. The van der Waals surface area contributed by atoms with E-state index in [0.717, 1.165) is 51.2 Å². The molecule has 1 saturated heterocycles. The van der Waals surface area contributed by atoms with Gasteiger partial charge in [-0.3, -0.25) is 4.79 Å². The van der Waals surface area contributed by atoms with E-state index in [1.54, 1.807) is 0 Å². The number of hydrogen-bond acceptors (Lipinski definition) is 4. The van der Waals surface area contributed by atoms with E-state index >= 15 is 0 Å². The van der Waals surface area contributed by atoms with E-state index in [1.165, 1.54) is 24.1 Å². The molecule has 0 unspecified atom stereocenters. The molecule has 0 amide bonds. The number of nitrogens with two attached hydrogens (primary N) is 1. The van der Waals surface area contributed by atoms with Crippen LogP contribution >= 0.6 is 37.2 Å². The fourth-order valence-corrected chi connectivity index (χ4v) is 4.12. The number of aliphatic carboxylic acids is 1. The van der Waals surface area contributed by atoms with Gasteiger partial charge >= 0.3 is 5.97 Å². The van der Waals surface area contributed by atoms with Crippen LogP contribution < -0.4 is 16.0 Å². The van der Waals surface area contributed by atoms with Gasteiger partial charge in [0, 0.05) is 31.4 Å². The Bertz CT molecular complexity index is 558. The Labute approximate surface area is 187 Å². The molecule has 3 rings (SSSR count). The van der Waals surface area contributed by atoms with E-state index in [1.807, 2.05) is 0 Å². The minimum absolute atomic E-state index is 0. The van der Waals surface area contributed by atoms with Crippen molar-refractivity contribution in [2.45, 2.75) is 51.1 Å². The van der Waals surface area contributed by atoms with Gasteiger partial charge in [0.1, 0.15) is 0 Å². The van der Waals surface area contributed by atoms with Crippen molar-refractivity contribution in [1.29, 1.82) is 0 Å². The highest BCUT2D eigenvalue weighted by atomic mass is 35.5. The summed E-state index contributed by atoms with van der Waals surface area (Å²) in [5, 5.41) is 12.8. The third kappa shape index (κ3) is 7.60. The van der Waals surface area contributed by atoms with E-state index in [2.05, 4.69) is 34.5 Å². The number of piperidine rings is 1. The second-order valence-corrected chi connectivity index (χ2v) is 7.60. The minimum atomic E-state index is -0.620. The molecule has 1 aliphatic heterocycles. The molecule has 4 N–H and O–H groups in total. The first-order valence-electron chi connectivity index (χ1n) is 9.66. The second kappa shape index (κ2) is 13.5. The fourth-order valence-electron chi connectivity index (χ4n) is 4.12. The van der Waals surface area contributed by atoms with Gasteiger partial charge in [0.25, 0.3) is 0 Å². The first-order valence-corrected chi connectivity index (χ1v) is 9.66. The number of carbonyl (C=O) groups is 1. The van der Waals surface area contributed by atoms with Gasteiger partial charge in [-0.2, -0.15) is 0 Å². The van der Waals surface area contributed by atoms with Crippen molar-refractivity contribution in [3.63, 3.8) is 0 Å². The maximum absolute atomic E-state index is 11.0. The molecular weight excluding hydrogens is 421 g/mol. The molecule has 0 atom stereocenters. The second-order valence-electron chi connectivity index (χ2n) is 7.60. The summed E-state index contributed by atoms with van der Waals surface area (Å²) < 4.78 is 0. The Balaban J connectivity index is 0.00000243. The standard InChI is InChI=1S/C20H31N3O2.3ClH/c21-13-15-1-7-19(8-2-15)23-11-9-16(10-12-23)14-22-18-5-3-17(4-6-18)20(24)25;;;/h1-2,7-8,16-18,22H,3-6,9-14,21H2,(H,24,25);3*1H. The van der Waals surface area contributed by atoms with Gasteiger partial charge in [-0.25, -0.2) is 0 Å². The summed E-state index contributed by atoms with van der Waals surface area (Å²) >= 11 is 0. The molecule has 1 saturated carbocycles. The number of carboxylic acids is 1. The van der Waals surface area contributed by atoms with Crippen LogP contribution in [0.15, 0.2) is 24.3 Å². The largest absolute Gasteiger partial charge is 0.481 e. The summed E-state index contributed by atoms with van der Waals surface area (Å²) in [6.07, 6.45) is 6.09. The van der Waals surface area contributed by atoms with Crippen molar-refractivity contribution in [2.24, 2.45) is 17.6 Å². The van der Waals surface area contributed by atoms with Crippen LogP contribution in [0.4, 0.5) is 5.69 Å². The lowest BCUT2D eigenvalue weighted by Gasteiger charge is -2.35. The number of rotatable bonds is 6. The summed E-state index contributed by atoms with van der Waals surface area (Å²) in [6, 6.07) is 9.12. The zero-order valence-corrected chi connectivity index (χ0v) is 18.7. The molecule has 0 radical (unpaired) electrons. The first kappa shape index (κ1) is 27.3. The van der Waals surface area contributed by atoms with E-state index in [-0.39, 0.29) is 43.1 Å². The van der Waals surface area contributed by atoms with E-state index < -0.39 is 5.97 Å². The Kier molecular flexibility index (Phi) is 13.1. The van der Waals surface area contributed by atoms with Crippen molar-refractivity contribution < 1.29 is 9.90 Å². The van der Waals surface area contributed by atoms with Gasteiger partial charge in [0.15, 0.2) is 0 Å². The van der Waals surface area contributed by atoms with E-state index in [4.69, 9.17) is 10.8 Å².